The van der Waals surface area contributed by atoms with Crippen LogP contribution in [0.1, 0.15) is 45.0 Å². The molecule has 5 heteroatoms. The highest BCUT2D eigenvalue weighted by molar-refractivity contribution is 4.96. The van der Waals surface area contributed by atoms with Crippen LogP contribution < -0.4 is 5.32 Å². The van der Waals surface area contributed by atoms with Gasteiger partial charge >= 0.3 is 6.55 Å². The first-order valence-corrected chi connectivity index (χ1v) is 6.17. The highest BCUT2D eigenvalue weighted by Gasteiger charge is 2.40. The minimum absolute atomic E-state index is 0.410. The van der Waals surface area contributed by atoms with Crippen LogP contribution in [0.25, 0.3) is 0 Å². The smallest absolute Gasteiger partial charge is 0.309 e. The van der Waals surface area contributed by atoms with Crippen LogP contribution >= 0.6 is 0 Å². The van der Waals surface area contributed by atoms with Gasteiger partial charge in [0.1, 0.15) is 5.82 Å². The normalized spacial score (nSPS) is 17.6. The Kier molecular flexibility index (Phi) is 3.76. The topological polar surface area (TPSA) is 29.9 Å². The van der Waals surface area contributed by atoms with Gasteiger partial charge in [0.15, 0.2) is 0 Å². The summed E-state index contributed by atoms with van der Waals surface area (Å²) in [5.41, 5.74) is 0.441. The summed E-state index contributed by atoms with van der Waals surface area (Å²) in [6, 6.07) is 0. The number of alkyl halides is 2. The van der Waals surface area contributed by atoms with E-state index in [4.69, 9.17) is 0 Å². The molecule has 0 unspecified atom stereocenters. The van der Waals surface area contributed by atoms with Gasteiger partial charge < -0.3 is 5.32 Å². The molecule has 1 heterocycles. The molecule has 0 aliphatic heterocycles. The standard InChI is InChI=1S/C12H19F2N3/c1-2-3-12(4-5-12)9-15-8-10-16-6-7-17(10)11(13)14/h6-7,11,15H,2-5,8-9H2,1H3. The van der Waals surface area contributed by atoms with Crippen molar-refractivity contribution in [3.63, 3.8) is 0 Å². The van der Waals surface area contributed by atoms with E-state index in [1.165, 1.54) is 38.1 Å². The second-order valence-electron chi connectivity index (χ2n) is 4.88. The summed E-state index contributed by atoms with van der Waals surface area (Å²) in [4.78, 5) is 3.94. The molecule has 0 spiro atoms. The molecule has 3 nitrogen and oxygen atoms in total. The van der Waals surface area contributed by atoms with Crippen molar-refractivity contribution >= 4 is 0 Å². The number of imidazole rings is 1. The van der Waals surface area contributed by atoms with Gasteiger partial charge in [0.05, 0.1) is 6.54 Å². The molecule has 1 N–H and O–H groups in total. The van der Waals surface area contributed by atoms with Gasteiger partial charge in [0, 0.05) is 18.9 Å². The fraction of sp³-hybridized carbons (Fsp3) is 0.750. The third kappa shape index (κ3) is 3.03. The van der Waals surface area contributed by atoms with Crippen molar-refractivity contribution in [2.75, 3.05) is 6.54 Å². The van der Waals surface area contributed by atoms with E-state index in [0.717, 1.165) is 11.1 Å². The van der Waals surface area contributed by atoms with Crippen molar-refractivity contribution in [1.29, 1.82) is 0 Å². The van der Waals surface area contributed by atoms with Gasteiger partial charge in [0.2, 0.25) is 0 Å². The molecular weight excluding hydrogens is 224 g/mol. The van der Waals surface area contributed by atoms with E-state index < -0.39 is 6.55 Å². The van der Waals surface area contributed by atoms with Crippen LogP contribution in [0.5, 0.6) is 0 Å². The van der Waals surface area contributed by atoms with E-state index in [-0.39, 0.29) is 0 Å². The van der Waals surface area contributed by atoms with E-state index in [0.29, 0.717) is 17.8 Å². The predicted molar refractivity (Wildman–Crippen MR) is 61.8 cm³/mol. The minimum Gasteiger partial charge on any atom is -0.309 e. The molecule has 1 aromatic heterocycles. The largest absolute Gasteiger partial charge is 0.319 e. The van der Waals surface area contributed by atoms with Crippen molar-refractivity contribution in [2.45, 2.75) is 45.7 Å². The second kappa shape index (κ2) is 5.12. The fourth-order valence-electron chi connectivity index (χ4n) is 2.32. The SMILES string of the molecule is CCCC1(CNCc2nccn2C(F)F)CC1. The molecule has 96 valence electrons. The van der Waals surface area contributed by atoms with Crippen LogP contribution in [0.3, 0.4) is 0 Å². The van der Waals surface area contributed by atoms with Gasteiger partial charge in [-0.1, -0.05) is 13.3 Å². The molecule has 1 aromatic rings. The van der Waals surface area contributed by atoms with Crippen LogP contribution in [0, 0.1) is 5.41 Å². The Morgan fingerprint density at radius 3 is 2.88 bits per heavy atom. The van der Waals surface area contributed by atoms with Crippen molar-refractivity contribution < 1.29 is 8.78 Å². The first kappa shape index (κ1) is 12.5. The fourth-order valence-corrected chi connectivity index (χ4v) is 2.32. The zero-order valence-corrected chi connectivity index (χ0v) is 10.1. The maximum absolute atomic E-state index is 12.6. The highest BCUT2D eigenvalue weighted by atomic mass is 19.3. The molecule has 0 atom stereocenters. The van der Waals surface area contributed by atoms with Crippen molar-refractivity contribution in [3.05, 3.63) is 18.2 Å². The van der Waals surface area contributed by atoms with E-state index in [1.54, 1.807) is 0 Å². The van der Waals surface area contributed by atoms with Crippen LogP contribution in [0.15, 0.2) is 12.4 Å². The summed E-state index contributed by atoms with van der Waals surface area (Å²) < 4.78 is 26.0. The molecule has 0 bridgehead atoms. The molecule has 0 aromatic carbocycles. The van der Waals surface area contributed by atoms with Crippen molar-refractivity contribution in [3.8, 4) is 0 Å². The van der Waals surface area contributed by atoms with E-state index in [1.807, 2.05) is 0 Å². The number of hydrogen-bond donors (Lipinski definition) is 1. The number of nitrogens with one attached hydrogen (secondary N) is 1. The van der Waals surface area contributed by atoms with Gasteiger partial charge in [-0.3, -0.25) is 4.57 Å². The Morgan fingerprint density at radius 1 is 1.53 bits per heavy atom. The second-order valence-corrected chi connectivity index (χ2v) is 4.88. The van der Waals surface area contributed by atoms with Gasteiger partial charge in [-0.2, -0.15) is 8.78 Å². The summed E-state index contributed by atoms with van der Waals surface area (Å²) in [6.07, 6.45) is 7.67. The lowest BCUT2D eigenvalue weighted by Gasteiger charge is -2.15. The molecule has 1 saturated carbocycles. The maximum Gasteiger partial charge on any atom is 0.319 e. The quantitative estimate of drug-likeness (QED) is 0.798. The molecule has 2 rings (SSSR count). The Hall–Kier alpha value is -0.970. The summed E-state index contributed by atoms with van der Waals surface area (Å²) in [5, 5.41) is 3.25. The van der Waals surface area contributed by atoms with Crippen LogP contribution in [0.2, 0.25) is 0 Å². The van der Waals surface area contributed by atoms with Crippen LogP contribution in [0.4, 0.5) is 8.78 Å². The predicted octanol–water partition coefficient (Wildman–Crippen LogP) is 2.95. The monoisotopic (exact) mass is 243 g/mol. The molecule has 1 fully saturated rings. The molecule has 17 heavy (non-hydrogen) atoms. The third-order valence-electron chi connectivity index (χ3n) is 3.48. The minimum atomic E-state index is -2.50. The number of hydrogen-bond acceptors (Lipinski definition) is 2. The number of rotatable bonds is 7. The van der Waals surface area contributed by atoms with Gasteiger partial charge in [-0.25, -0.2) is 4.98 Å². The Bertz CT molecular complexity index is 358. The summed E-state index contributed by atoms with van der Waals surface area (Å²) >= 11 is 0. The average molecular weight is 243 g/mol. The number of halogens is 2. The number of nitrogens with zero attached hydrogens (tertiary/aromatic N) is 2. The summed E-state index contributed by atoms with van der Waals surface area (Å²) in [7, 11) is 0. The van der Waals surface area contributed by atoms with Crippen LogP contribution in [-0.2, 0) is 6.54 Å². The highest BCUT2D eigenvalue weighted by Crippen LogP contribution is 2.48. The maximum atomic E-state index is 12.6. The van der Waals surface area contributed by atoms with Crippen molar-refractivity contribution in [2.24, 2.45) is 5.41 Å². The van der Waals surface area contributed by atoms with Gasteiger partial charge in [-0.05, 0) is 24.7 Å². The zero-order valence-electron chi connectivity index (χ0n) is 10.1. The van der Waals surface area contributed by atoms with E-state index >= 15 is 0 Å². The Morgan fingerprint density at radius 2 is 2.29 bits per heavy atom. The Balaban J connectivity index is 1.80. The average Bonchev–Trinajstić information content (AvgIpc) is 2.88. The molecule has 1 aliphatic rings. The lowest BCUT2D eigenvalue weighted by atomic mass is 10.0. The van der Waals surface area contributed by atoms with Crippen LogP contribution in [-0.4, -0.2) is 16.1 Å². The van der Waals surface area contributed by atoms with Gasteiger partial charge in [-0.15, -0.1) is 0 Å². The summed E-state index contributed by atoms with van der Waals surface area (Å²) in [5.74, 6) is 0.410. The van der Waals surface area contributed by atoms with E-state index in [9.17, 15) is 8.78 Å². The van der Waals surface area contributed by atoms with Gasteiger partial charge in [0.25, 0.3) is 0 Å². The molecule has 1 aliphatic carbocycles. The van der Waals surface area contributed by atoms with Crippen molar-refractivity contribution in [1.82, 2.24) is 14.9 Å². The van der Waals surface area contributed by atoms with E-state index in [2.05, 4.69) is 17.2 Å². The summed E-state index contributed by atoms with van der Waals surface area (Å²) in [6.45, 7) is 1.02. The number of aromatic nitrogens is 2. The molecule has 0 saturated heterocycles. The zero-order chi connectivity index (χ0) is 12.3. The first-order chi connectivity index (χ1) is 8.17. The third-order valence-corrected chi connectivity index (χ3v) is 3.48. The molecular formula is C12H19F2N3. The lowest BCUT2D eigenvalue weighted by Crippen LogP contribution is -2.25. The first-order valence-electron chi connectivity index (χ1n) is 6.17. The Labute approximate surface area is 100 Å². The lowest BCUT2D eigenvalue weighted by molar-refractivity contribution is 0.0665. The molecule has 0 amide bonds. The molecule has 0 radical (unpaired) electrons.